The van der Waals surface area contributed by atoms with Crippen LogP contribution in [0.1, 0.15) is 15.9 Å². The monoisotopic (exact) mass is 335 g/mol. The second-order valence-electron chi connectivity index (χ2n) is 4.93. The number of rotatable bonds is 5. The van der Waals surface area contributed by atoms with E-state index in [-0.39, 0.29) is 17.0 Å². The summed E-state index contributed by atoms with van der Waals surface area (Å²) in [7, 11) is 1.37. The van der Waals surface area contributed by atoms with E-state index in [2.05, 4.69) is 5.32 Å². The number of benzene rings is 2. The third kappa shape index (κ3) is 4.28. The van der Waals surface area contributed by atoms with Gasteiger partial charge in [0.05, 0.1) is 12.7 Å². The van der Waals surface area contributed by atoms with Crippen LogP contribution in [0.15, 0.2) is 36.4 Å². The second kappa shape index (κ2) is 7.54. The Hall–Kier alpha value is -2.96. The van der Waals surface area contributed by atoms with E-state index < -0.39 is 30.1 Å². The highest BCUT2D eigenvalue weighted by molar-refractivity contribution is 5.95. The maximum Gasteiger partial charge on any atom is 0.341 e. The quantitative estimate of drug-likeness (QED) is 0.853. The topological polar surface area (TPSA) is 64.6 Å². The smallest absolute Gasteiger partial charge is 0.341 e. The van der Waals surface area contributed by atoms with Crippen molar-refractivity contribution in [1.82, 2.24) is 0 Å². The number of carbonyl (C=O) groups is 2. The fourth-order valence-electron chi connectivity index (χ4n) is 1.86. The van der Waals surface area contributed by atoms with Gasteiger partial charge in [0.15, 0.2) is 6.61 Å². The number of methoxy groups -OCH3 is 1. The molecule has 0 heterocycles. The van der Waals surface area contributed by atoms with Gasteiger partial charge in [0, 0.05) is 11.8 Å². The first kappa shape index (κ1) is 17.4. The number of hydrogen-bond acceptors (Lipinski definition) is 4. The molecule has 0 aliphatic heterocycles. The average Bonchev–Trinajstić information content (AvgIpc) is 2.56. The number of esters is 1. The Labute approximate surface area is 137 Å². The van der Waals surface area contributed by atoms with Crippen molar-refractivity contribution in [2.45, 2.75) is 6.92 Å². The fourth-order valence-corrected chi connectivity index (χ4v) is 1.86. The minimum absolute atomic E-state index is 0.231. The lowest BCUT2D eigenvalue weighted by Crippen LogP contribution is -2.21. The molecule has 0 aliphatic carbocycles. The molecule has 0 fully saturated rings. The molecule has 0 atom stereocenters. The van der Waals surface area contributed by atoms with E-state index in [0.717, 1.165) is 12.1 Å². The molecular weight excluding hydrogens is 320 g/mol. The molecule has 0 saturated carbocycles. The highest BCUT2D eigenvalue weighted by Gasteiger charge is 2.16. The van der Waals surface area contributed by atoms with E-state index in [4.69, 9.17) is 9.47 Å². The summed E-state index contributed by atoms with van der Waals surface area (Å²) in [5.74, 6) is -2.69. The molecular formula is C17H15F2NO4. The number of anilines is 1. The Morgan fingerprint density at radius 1 is 1.08 bits per heavy atom. The molecule has 2 aromatic rings. The van der Waals surface area contributed by atoms with Crippen LogP contribution in [0, 0.1) is 18.6 Å². The third-order valence-electron chi connectivity index (χ3n) is 3.19. The van der Waals surface area contributed by atoms with Gasteiger partial charge in [-0.1, -0.05) is 6.07 Å². The van der Waals surface area contributed by atoms with Gasteiger partial charge in [0.1, 0.15) is 17.4 Å². The predicted octanol–water partition coefficient (Wildman–Crippen LogP) is 3.08. The van der Waals surface area contributed by atoms with Crippen LogP contribution in [0.2, 0.25) is 0 Å². The third-order valence-corrected chi connectivity index (χ3v) is 3.19. The van der Waals surface area contributed by atoms with Crippen LogP contribution < -0.4 is 10.1 Å². The molecule has 2 aromatic carbocycles. The summed E-state index contributed by atoms with van der Waals surface area (Å²) < 4.78 is 36.7. The van der Waals surface area contributed by atoms with Crippen molar-refractivity contribution in [3.05, 3.63) is 59.2 Å². The summed E-state index contributed by atoms with van der Waals surface area (Å²) in [5, 5.41) is 2.38. The summed E-state index contributed by atoms with van der Waals surface area (Å²) in [5.41, 5.74) is 0.356. The van der Waals surface area contributed by atoms with Crippen LogP contribution >= 0.6 is 0 Å². The molecule has 1 N–H and O–H groups in total. The summed E-state index contributed by atoms with van der Waals surface area (Å²) >= 11 is 0. The zero-order chi connectivity index (χ0) is 17.7. The van der Waals surface area contributed by atoms with E-state index in [9.17, 15) is 18.4 Å². The molecule has 1 amide bonds. The average molecular weight is 335 g/mol. The number of amides is 1. The van der Waals surface area contributed by atoms with E-state index in [1.165, 1.54) is 31.4 Å². The van der Waals surface area contributed by atoms with Gasteiger partial charge in [-0.3, -0.25) is 4.79 Å². The van der Waals surface area contributed by atoms with Crippen molar-refractivity contribution in [2.24, 2.45) is 0 Å². The summed E-state index contributed by atoms with van der Waals surface area (Å²) in [4.78, 5) is 23.5. The maximum atomic E-state index is 13.7. The standard InChI is InChI=1S/C17H15F2NO4/c1-10-3-4-11(7-14(10)18)20-16(21)9-24-17(22)13-6-5-12(23-2)8-15(13)19/h3-8H,9H2,1-2H3,(H,20,21). The highest BCUT2D eigenvalue weighted by atomic mass is 19.1. The zero-order valence-corrected chi connectivity index (χ0v) is 13.1. The van der Waals surface area contributed by atoms with Crippen LogP contribution in [0.25, 0.3) is 0 Å². The first-order valence-corrected chi connectivity index (χ1v) is 6.97. The van der Waals surface area contributed by atoms with Gasteiger partial charge in [0.2, 0.25) is 0 Å². The van der Waals surface area contributed by atoms with Crippen molar-refractivity contribution in [2.75, 3.05) is 19.0 Å². The van der Waals surface area contributed by atoms with Crippen molar-refractivity contribution < 1.29 is 27.8 Å². The largest absolute Gasteiger partial charge is 0.497 e. The lowest BCUT2D eigenvalue weighted by Gasteiger charge is -2.08. The minimum atomic E-state index is -0.986. The molecule has 0 saturated heterocycles. The number of hydrogen-bond donors (Lipinski definition) is 1. The number of ether oxygens (including phenoxy) is 2. The lowest BCUT2D eigenvalue weighted by atomic mass is 10.2. The van der Waals surface area contributed by atoms with E-state index in [1.807, 2.05) is 0 Å². The molecule has 24 heavy (non-hydrogen) atoms. The summed E-state index contributed by atoms with van der Waals surface area (Å²) in [6.07, 6.45) is 0. The molecule has 126 valence electrons. The first-order chi connectivity index (χ1) is 11.4. The minimum Gasteiger partial charge on any atom is -0.497 e. The predicted molar refractivity (Wildman–Crippen MR) is 83.0 cm³/mol. The molecule has 0 unspecified atom stereocenters. The Kier molecular flexibility index (Phi) is 5.47. The van der Waals surface area contributed by atoms with Crippen LogP contribution in [-0.2, 0) is 9.53 Å². The molecule has 0 aliphatic rings. The highest BCUT2D eigenvalue weighted by Crippen LogP contribution is 2.17. The van der Waals surface area contributed by atoms with Crippen LogP contribution in [-0.4, -0.2) is 25.6 Å². The Morgan fingerprint density at radius 2 is 1.83 bits per heavy atom. The van der Waals surface area contributed by atoms with Crippen molar-refractivity contribution in [1.29, 1.82) is 0 Å². The molecule has 0 bridgehead atoms. The van der Waals surface area contributed by atoms with Crippen molar-refractivity contribution in [3.8, 4) is 5.75 Å². The molecule has 5 nitrogen and oxygen atoms in total. The van der Waals surface area contributed by atoms with Gasteiger partial charge < -0.3 is 14.8 Å². The Morgan fingerprint density at radius 3 is 2.46 bits per heavy atom. The number of aryl methyl sites for hydroxylation is 1. The SMILES string of the molecule is COc1ccc(C(=O)OCC(=O)Nc2ccc(C)c(F)c2)c(F)c1. The van der Waals surface area contributed by atoms with Crippen LogP contribution in [0.4, 0.5) is 14.5 Å². The van der Waals surface area contributed by atoms with E-state index in [1.54, 1.807) is 6.92 Å². The first-order valence-electron chi connectivity index (χ1n) is 6.97. The van der Waals surface area contributed by atoms with Gasteiger partial charge in [0.25, 0.3) is 5.91 Å². The molecule has 7 heteroatoms. The Bertz CT molecular complexity index is 777. The second-order valence-corrected chi connectivity index (χ2v) is 4.93. The number of halogens is 2. The number of carbonyl (C=O) groups excluding carboxylic acids is 2. The molecule has 0 aromatic heterocycles. The Balaban J connectivity index is 1.93. The van der Waals surface area contributed by atoms with Gasteiger partial charge in [-0.15, -0.1) is 0 Å². The van der Waals surface area contributed by atoms with E-state index in [0.29, 0.717) is 5.56 Å². The van der Waals surface area contributed by atoms with Gasteiger partial charge in [-0.2, -0.15) is 0 Å². The van der Waals surface area contributed by atoms with Gasteiger partial charge in [-0.25, -0.2) is 13.6 Å². The number of nitrogens with one attached hydrogen (secondary N) is 1. The van der Waals surface area contributed by atoms with Crippen molar-refractivity contribution in [3.63, 3.8) is 0 Å². The normalized spacial score (nSPS) is 10.2. The molecule has 2 rings (SSSR count). The lowest BCUT2D eigenvalue weighted by molar-refractivity contribution is -0.119. The summed E-state index contributed by atoms with van der Waals surface area (Å²) in [6, 6.07) is 7.80. The summed E-state index contributed by atoms with van der Waals surface area (Å²) in [6.45, 7) is 0.964. The van der Waals surface area contributed by atoms with E-state index >= 15 is 0 Å². The van der Waals surface area contributed by atoms with Crippen LogP contribution in [0.3, 0.4) is 0 Å². The zero-order valence-electron chi connectivity index (χ0n) is 13.1. The van der Waals surface area contributed by atoms with Crippen molar-refractivity contribution >= 4 is 17.6 Å². The molecule has 0 spiro atoms. The van der Waals surface area contributed by atoms with Gasteiger partial charge >= 0.3 is 5.97 Å². The maximum absolute atomic E-state index is 13.7. The molecule has 0 radical (unpaired) electrons. The fraction of sp³-hybridized carbons (Fsp3) is 0.176. The van der Waals surface area contributed by atoms with Gasteiger partial charge in [-0.05, 0) is 36.8 Å². The van der Waals surface area contributed by atoms with Crippen LogP contribution in [0.5, 0.6) is 5.75 Å².